The molecule has 1 aliphatic heterocycles. The van der Waals surface area contributed by atoms with Gasteiger partial charge in [-0.2, -0.15) is 0 Å². The van der Waals surface area contributed by atoms with Gasteiger partial charge >= 0.3 is 5.97 Å². The Kier molecular flexibility index (Phi) is 14.0. The summed E-state index contributed by atoms with van der Waals surface area (Å²) in [5.74, 6) is -1.53. The molecule has 0 spiro atoms. The Morgan fingerprint density at radius 2 is 1.71 bits per heavy atom. The van der Waals surface area contributed by atoms with E-state index in [2.05, 4.69) is 41.4 Å². The van der Waals surface area contributed by atoms with E-state index in [4.69, 9.17) is 16.3 Å². The molecule has 13 atom stereocenters. The second-order valence-electron chi connectivity index (χ2n) is 20.4. The summed E-state index contributed by atoms with van der Waals surface area (Å²) in [6, 6.07) is 6.67. The molecule has 3 aromatic rings. The number of esters is 1. The van der Waals surface area contributed by atoms with Gasteiger partial charge in [0.1, 0.15) is 28.8 Å². The average molecular weight is 923 g/mol. The van der Waals surface area contributed by atoms with Gasteiger partial charge in [0.25, 0.3) is 5.91 Å². The SMILES string of the molecule is C[C@H](CCC(=O)N[C@@H](CO)C(=O)OC1CCN(C(=O)[C@H](Cc2ccc(F)cc2)NC(=O)c2cc3cc(Cl)ncc3[nH]2)CC1)[C@H]1CCC2C3C(C[C@H](O)[C@@]21C)[C@@]1(C)CC[C@@H](O)C[C@H]1C[C@H]3O. The van der Waals surface area contributed by atoms with Gasteiger partial charge in [-0.05, 0) is 128 Å². The third-order valence-corrected chi connectivity index (χ3v) is 17.1. The van der Waals surface area contributed by atoms with Gasteiger partial charge in [-0.1, -0.05) is 44.5 Å². The molecule has 3 unspecified atom stereocenters. The van der Waals surface area contributed by atoms with Crippen LogP contribution in [0, 0.1) is 52.2 Å². The lowest BCUT2D eigenvalue weighted by Crippen LogP contribution is -2.62. The minimum atomic E-state index is -1.27. The van der Waals surface area contributed by atoms with E-state index in [-0.39, 0.29) is 95.6 Å². The Hall–Kier alpha value is -4.15. The van der Waals surface area contributed by atoms with Crippen LogP contribution >= 0.6 is 11.6 Å². The van der Waals surface area contributed by atoms with Crippen molar-refractivity contribution in [3.05, 3.63) is 64.8 Å². The topological polar surface area (TPSA) is 214 Å². The molecule has 5 fully saturated rings. The quantitative estimate of drug-likeness (QED) is 0.0892. The Morgan fingerprint density at radius 3 is 2.43 bits per heavy atom. The first kappa shape index (κ1) is 47.3. The number of benzene rings is 1. The zero-order chi connectivity index (χ0) is 46.4. The number of hydrogen-bond donors (Lipinski definition) is 7. The Morgan fingerprint density at radius 1 is 0.969 bits per heavy atom. The lowest BCUT2D eigenvalue weighted by Gasteiger charge is -2.63. The van der Waals surface area contributed by atoms with Crippen LogP contribution < -0.4 is 10.6 Å². The third kappa shape index (κ3) is 9.55. The van der Waals surface area contributed by atoms with Crippen LogP contribution in [0.25, 0.3) is 10.9 Å². The van der Waals surface area contributed by atoms with Gasteiger partial charge in [-0.25, -0.2) is 14.2 Å². The summed E-state index contributed by atoms with van der Waals surface area (Å²) in [5.41, 5.74) is 1.03. The summed E-state index contributed by atoms with van der Waals surface area (Å²) in [7, 11) is 0. The molecular weight excluding hydrogens is 857 g/mol. The minimum absolute atomic E-state index is 0.0136. The van der Waals surface area contributed by atoms with Gasteiger partial charge in [0.15, 0.2) is 6.04 Å². The van der Waals surface area contributed by atoms with Crippen LogP contribution in [0.5, 0.6) is 0 Å². The standard InChI is InChI=1S/C49H65ClFN5O9/c1-26(33-9-10-34-44-35(23-41(60)49(33,34)3)48(2)15-12-31(58)21-29(48)22-40(44)59)4-11-43(61)54-39(25-57)47(64)65-32-13-16-56(17-14-32)46(63)37(18-27-5-7-30(51)8-6-27)55-45(62)36-19-28-20-42(50)52-24-38(28)53-36/h5-8,19-20,24,26,29,31-35,37,39-41,44,53,57-60H,4,9-18,21-23,25H2,1-3H3,(H,54,61)(H,55,62)/t26-,29+,31-,33-,34?,35?,37+,39+,40-,41+,44?,48+,49-/m1/s1. The highest BCUT2D eigenvalue weighted by molar-refractivity contribution is 6.30. The first-order chi connectivity index (χ1) is 31.0. The summed E-state index contributed by atoms with van der Waals surface area (Å²) < 4.78 is 19.5. The molecule has 0 radical (unpaired) electrons. The number of amides is 3. The highest BCUT2D eigenvalue weighted by Crippen LogP contribution is 2.68. The maximum atomic E-state index is 14.0. The van der Waals surface area contributed by atoms with Gasteiger partial charge in [0.2, 0.25) is 11.8 Å². The second-order valence-corrected chi connectivity index (χ2v) is 20.8. The van der Waals surface area contributed by atoms with Gasteiger partial charge in [-0.15, -0.1) is 0 Å². The molecule has 1 aromatic carbocycles. The van der Waals surface area contributed by atoms with Crippen molar-refractivity contribution in [3.8, 4) is 0 Å². The summed E-state index contributed by atoms with van der Waals surface area (Å²) in [6.45, 7) is 6.41. The molecule has 5 aliphatic rings. The van der Waals surface area contributed by atoms with Crippen molar-refractivity contribution in [1.29, 1.82) is 0 Å². The van der Waals surface area contributed by atoms with Crippen LogP contribution in [0.15, 0.2) is 42.6 Å². The first-order valence-corrected chi connectivity index (χ1v) is 24.0. The first-order valence-electron chi connectivity index (χ1n) is 23.6. The van der Waals surface area contributed by atoms with Crippen LogP contribution in [0.1, 0.15) is 107 Å². The Balaban J connectivity index is 0.822. The number of aromatic nitrogens is 2. The normalized spacial score (nSPS) is 32.7. The highest BCUT2D eigenvalue weighted by Gasteiger charge is 2.65. The average Bonchev–Trinajstić information content (AvgIpc) is 3.87. The van der Waals surface area contributed by atoms with Crippen molar-refractivity contribution in [2.45, 2.75) is 134 Å². The van der Waals surface area contributed by atoms with Gasteiger partial charge in [0.05, 0.1) is 36.6 Å². The summed E-state index contributed by atoms with van der Waals surface area (Å²) in [4.78, 5) is 62.6. The molecule has 354 valence electrons. The number of H-pyrrole nitrogens is 1. The minimum Gasteiger partial charge on any atom is -0.461 e. The van der Waals surface area contributed by atoms with Gasteiger partial charge in [0, 0.05) is 44.2 Å². The van der Waals surface area contributed by atoms with Gasteiger partial charge < -0.3 is 45.7 Å². The van der Waals surface area contributed by atoms with E-state index in [0.29, 0.717) is 55.0 Å². The van der Waals surface area contributed by atoms with Crippen molar-refractivity contribution >= 4 is 46.2 Å². The van der Waals surface area contributed by atoms with Crippen LogP contribution in [0.2, 0.25) is 5.15 Å². The number of fused-ring (bicyclic) bond motifs is 6. The van der Waals surface area contributed by atoms with Crippen molar-refractivity contribution in [2.24, 2.45) is 46.3 Å². The van der Waals surface area contributed by atoms with E-state index >= 15 is 0 Å². The monoisotopic (exact) mass is 921 g/mol. The largest absolute Gasteiger partial charge is 0.461 e. The third-order valence-electron chi connectivity index (χ3n) is 16.9. The van der Waals surface area contributed by atoms with E-state index in [1.54, 1.807) is 29.2 Å². The molecule has 4 aliphatic carbocycles. The summed E-state index contributed by atoms with van der Waals surface area (Å²) in [5, 5.41) is 50.6. The molecule has 16 heteroatoms. The zero-order valence-corrected chi connectivity index (χ0v) is 38.3. The Labute approximate surface area is 384 Å². The lowest BCUT2D eigenvalue weighted by atomic mass is 9.43. The number of likely N-dealkylation sites (tertiary alicyclic amines) is 1. The number of ether oxygens (including phenoxy) is 1. The number of pyridine rings is 1. The van der Waals surface area contributed by atoms with E-state index in [0.717, 1.165) is 25.7 Å². The van der Waals surface area contributed by atoms with Crippen LogP contribution in [0.3, 0.4) is 0 Å². The fourth-order valence-electron chi connectivity index (χ4n) is 13.2. The van der Waals surface area contributed by atoms with Crippen LogP contribution in [-0.2, 0) is 25.5 Å². The zero-order valence-electron chi connectivity index (χ0n) is 37.6. The number of hydrogen-bond acceptors (Lipinski definition) is 10. The number of aromatic amines is 1. The van der Waals surface area contributed by atoms with E-state index in [1.165, 1.54) is 18.3 Å². The van der Waals surface area contributed by atoms with Crippen molar-refractivity contribution < 1.29 is 48.7 Å². The number of nitrogens with zero attached hydrogens (tertiary/aromatic N) is 2. The second kappa shape index (κ2) is 19.2. The lowest BCUT2D eigenvalue weighted by molar-refractivity contribution is -0.207. The van der Waals surface area contributed by atoms with E-state index in [9.17, 15) is 44.0 Å². The van der Waals surface area contributed by atoms with Gasteiger partial charge in [-0.3, -0.25) is 14.4 Å². The fourth-order valence-corrected chi connectivity index (χ4v) is 13.4. The number of nitrogens with one attached hydrogen (secondary N) is 3. The number of rotatable bonds is 13. The molecule has 2 aromatic heterocycles. The summed E-state index contributed by atoms with van der Waals surface area (Å²) >= 11 is 6.02. The maximum absolute atomic E-state index is 14.0. The molecule has 4 saturated carbocycles. The predicted octanol–water partition coefficient (Wildman–Crippen LogP) is 5.09. The van der Waals surface area contributed by atoms with Crippen molar-refractivity contribution in [2.75, 3.05) is 19.7 Å². The predicted molar refractivity (Wildman–Crippen MR) is 240 cm³/mol. The van der Waals surface area contributed by atoms with Crippen LogP contribution in [-0.4, -0.2) is 115 Å². The maximum Gasteiger partial charge on any atom is 0.331 e. The molecule has 7 N–H and O–H groups in total. The molecule has 1 saturated heterocycles. The number of aliphatic hydroxyl groups is 4. The molecule has 3 amide bonds. The molecule has 3 heterocycles. The molecule has 8 rings (SSSR count). The number of carbonyl (C=O) groups is 4. The number of carbonyl (C=O) groups excluding carboxylic acids is 4. The number of piperidine rings is 1. The molecule has 0 bridgehead atoms. The van der Waals surface area contributed by atoms with Crippen molar-refractivity contribution in [1.82, 2.24) is 25.5 Å². The summed E-state index contributed by atoms with van der Waals surface area (Å²) in [6.07, 6.45) is 6.46. The van der Waals surface area contributed by atoms with Crippen LogP contribution in [0.4, 0.5) is 4.39 Å². The molecular formula is C49H65ClFN5O9. The molecule has 65 heavy (non-hydrogen) atoms. The van der Waals surface area contributed by atoms with E-state index in [1.807, 2.05) is 0 Å². The van der Waals surface area contributed by atoms with Crippen molar-refractivity contribution in [3.63, 3.8) is 0 Å². The van der Waals surface area contributed by atoms with E-state index < -0.39 is 60.1 Å². The highest BCUT2D eigenvalue weighted by atomic mass is 35.5. The molecule has 14 nitrogen and oxygen atoms in total. The number of aliphatic hydroxyl groups excluding tert-OH is 4. The smallest absolute Gasteiger partial charge is 0.331 e. The number of halogens is 2. The Bertz CT molecular complexity index is 2220. The fraction of sp³-hybridized carbons (Fsp3) is 0.653.